The lowest BCUT2D eigenvalue weighted by Gasteiger charge is -2.23. The summed E-state index contributed by atoms with van der Waals surface area (Å²) in [5.41, 5.74) is 0. The Morgan fingerprint density at radius 1 is 1.32 bits per heavy atom. The lowest BCUT2D eigenvalue weighted by molar-refractivity contribution is 0.252. The summed E-state index contributed by atoms with van der Waals surface area (Å²) in [6.07, 6.45) is 8.15. The van der Waals surface area contributed by atoms with Crippen LogP contribution in [0.15, 0.2) is 11.3 Å². The van der Waals surface area contributed by atoms with Gasteiger partial charge >= 0.3 is 0 Å². The molecule has 0 bridgehead atoms. The molecule has 25 heavy (non-hydrogen) atoms. The minimum Gasteiger partial charge on any atom is -0.357 e. The molecule has 0 saturated heterocycles. The van der Waals surface area contributed by atoms with E-state index in [9.17, 15) is 0 Å². The monoisotopic (exact) mass is 463 g/mol. The average Bonchev–Trinajstić information content (AvgIpc) is 3.26. The molecule has 2 rings (SSSR count). The van der Waals surface area contributed by atoms with Crippen molar-refractivity contribution in [3.05, 3.63) is 12.2 Å². The number of halogens is 1. The van der Waals surface area contributed by atoms with E-state index in [1.807, 2.05) is 0 Å². The summed E-state index contributed by atoms with van der Waals surface area (Å²) in [4.78, 5) is 7.16. The Bertz CT molecular complexity index is 497. The van der Waals surface area contributed by atoms with Gasteiger partial charge in [-0.05, 0) is 26.8 Å². The topological polar surface area (TPSA) is 70.4 Å². The van der Waals surface area contributed by atoms with Crippen molar-refractivity contribution in [3.63, 3.8) is 0 Å². The highest BCUT2D eigenvalue weighted by atomic mass is 127. The number of aliphatic imine (C=N–C) groups is 1. The molecule has 0 unspecified atom stereocenters. The minimum absolute atomic E-state index is 0. The van der Waals surface area contributed by atoms with Crippen LogP contribution in [0.2, 0.25) is 0 Å². The second-order valence-corrected chi connectivity index (χ2v) is 6.40. The van der Waals surface area contributed by atoms with Gasteiger partial charge < -0.3 is 20.1 Å². The number of nitrogens with one attached hydrogen (secondary N) is 2. The van der Waals surface area contributed by atoms with Gasteiger partial charge in [-0.25, -0.2) is 0 Å². The summed E-state index contributed by atoms with van der Waals surface area (Å²) in [5, 5.41) is 14.8. The van der Waals surface area contributed by atoms with Gasteiger partial charge in [0.25, 0.3) is 0 Å². The molecule has 1 saturated carbocycles. The first-order valence-electron chi connectivity index (χ1n) is 9.33. The maximum Gasteiger partial charge on any atom is 0.191 e. The van der Waals surface area contributed by atoms with Gasteiger partial charge in [-0.2, -0.15) is 0 Å². The van der Waals surface area contributed by atoms with Crippen LogP contribution in [0, 0.1) is 0 Å². The first kappa shape index (κ1) is 22.1. The van der Waals surface area contributed by atoms with Crippen LogP contribution in [0.3, 0.4) is 0 Å². The number of guanidine groups is 1. The lowest BCUT2D eigenvalue weighted by atomic mass is 10.2. The summed E-state index contributed by atoms with van der Waals surface area (Å²) in [7, 11) is 2.23. The van der Waals surface area contributed by atoms with Crippen LogP contribution in [-0.2, 0) is 13.0 Å². The van der Waals surface area contributed by atoms with Crippen LogP contribution in [0.1, 0.15) is 45.4 Å². The van der Waals surface area contributed by atoms with Gasteiger partial charge in [-0.15, -0.1) is 34.2 Å². The van der Waals surface area contributed by atoms with Gasteiger partial charge in [0, 0.05) is 38.6 Å². The molecule has 8 heteroatoms. The Kier molecular flexibility index (Phi) is 11.0. The van der Waals surface area contributed by atoms with E-state index < -0.39 is 0 Å². The van der Waals surface area contributed by atoms with Crippen molar-refractivity contribution in [2.24, 2.45) is 4.99 Å². The molecule has 7 nitrogen and oxygen atoms in total. The Hall–Kier alpha value is -0.900. The van der Waals surface area contributed by atoms with Crippen molar-refractivity contribution in [2.75, 3.05) is 33.2 Å². The predicted molar refractivity (Wildman–Crippen MR) is 114 cm³/mol. The largest absolute Gasteiger partial charge is 0.357 e. The number of nitrogens with zero attached hydrogens (tertiary/aromatic N) is 5. The van der Waals surface area contributed by atoms with E-state index in [4.69, 9.17) is 4.99 Å². The zero-order valence-corrected chi connectivity index (χ0v) is 18.2. The van der Waals surface area contributed by atoms with Crippen molar-refractivity contribution >= 4 is 29.9 Å². The van der Waals surface area contributed by atoms with Crippen LogP contribution in [0.25, 0.3) is 0 Å². The molecule has 1 fully saturated rings. The smallest absolute Gasteiger partial charge is 0.191 e. The third kappa shape index (κ3) is 7.47. The van der Waals surface area contributed by atoms with Crippen LogP contribution in [0.5, 0.6) is 0 Å². The molecule has 1 heterocycles. The molecule has 2 N–H and O–H groups in total. The van der Waals surface area contributed by atoms with Crippen LogP contribution >= 0.6 is 24.0 Å². The fourth-order valence-electron chi connectivity index (χ4n) is 3.22. The van der Waals surface area contributed by atoms with Crippen molar-refractivity contribution in [2.45, 2.75) is 58.5 Å². The molecular weight excluding hydrogens is 429 g/mol. The molecule has 144 valence electrons. The van der Waals surface area contributed by atoms with E-state index in [2.05, 4.69) is 51.2 Å². The molecule has 0 aliphatic heterocycles. The van der Waals surface area contributed by atoms with E-state index in [-0.39, 0.29) is 24.0 Å². The maximum atomic E-state index is 4.70. The van der Waals surface area contributed by atoms with Gasteiger partial charge in [-0.1, -0.05) is 19.8 Å². The van der Waals surface area contributed by atoms with E-state index >= 15 is 0 Å². The zero-order valence-electron chi connectivity index (χ0n) is 15.9. The first-order valence-corrected chi connectivity index (χ1v) is 9.33. The van der Waals surface area contributed by atoms with Gasteiger partial charge in [0.1, 0.15) is 12.2 Å². The zero-order chi connectivity index (χ0) is 17.2. The summed E-state index contributed by atoms with van der Waals surface area (Å²) < 4.78 is 2.09. The molecule has 1 aliphatic rings. The van der Waals surface area contributed by atoms with Crippen LogP contribution in [0.4, 0.5) is 0 Å². The normalized spacial score (nSPS) is 15.4. The third-order valence-corrected chi connectivity index (χ3v) is 4.67. The molecule has 1 aromatic heterocycles. The highest BCUT2D eigenvalue weighted by Crippen LogP contribution is 2.21. The number of likely N-dealkylation sites (N-methyl/N-ethyl adjacent to an activating group) is 1. The number of aryl methyl sites for hydroxylation is 1. The Labute approximate surface area is 169 Å². The fourth-order valence-corrected chi connectivity index (χ4v) is 3.22. The lowest BCUT2D eigenvalue weighted by Crippen LogP contribution is -2.39. The summed E-state index contributed by atoms with van der Waals surface area (Å²) in [5.74, 6) is 1.92. The molecule has 0 aromatic carbocycles. The van der Waals surface area contributed by atoms with Gasteiger partial charge in [0.05, 0.1) is 6.54 Å². The number of rotatable bonds is 9. The molecule has 1 aromatic rings. The van der Waals surface area contributed by atoms with E-state index in [0.29, 0.717) is 0 Å². The molecule has 0 radical (unpaired) electrons. The second kappa shape index (κ2) is 12.5. The second-order valence-electron chi connectivity index (χ2n) is 6.40. The summed E-state index contributed by atoms with van der Waals surface area (Å²) >= 11 is 0. The predicted octanol–water partition coefficient (Wildman–Crippen LogP) is 1.89. The van der Waals surface area contributed by atoms with Crippen LogP contribution < -0.4 is 10.6 Å². The molecule has 1 aliphatic carbocycles. The third-order valence-electron chi connectivity index (χ3n) is 4.67. The van der Waals surface area contributed by atoms with Crippen molar-refractivity contribution in [1.29, 1.82) is 0 Å². The van der Waals surface area contributed by atoms with E-state index in [0.717, 1.165) is 57.0 Å². The Morgan fingerprint density at radius 2 is 2.08 bits per heavy atom. The summed E-state index contributed by atoms with van der Waals surface area (Å²) in [6.45, 7) is 8.58. The fraction of sp³-hybridized carbons (Fsp3) is 0.824. The quantitative estimate of drug-likeness (QED) is 0.333. The van der Waals surface area contributed by atoms with Crippen LogP contribution in [-0.4, -0.2) is 64.9 Å². The van der Waals surface area contributed by atoms with Gasteiger partial charge in [-0.3, -0.25) is 4.99 Å². The summed E-state index contributed by atoms with van der Waals surface area (Å²) in [6, 6.07) is 0.761. The van der Waals surface area contributed by atoms with Gasteiger partial charge in [0.2, 0.25) is 0 Å². The van der Waals surface area contributed by atoms with E-state index in [1.165, 1.54) is 25.7 Å². The Morgan fingerprint density at radius 3 is 2.76 bits per heavy atom. The standard InChI is InChI=1S/C17H33N7.HI/c1-4-16-22-21-14-24(16)13-11-20-17(18-5-2)19-10-12-23(3)15-8-6-7-9-15;/h14-15H,4-13H2,1-3H3,(H2,18,19,20);1H. The average molecular weight is 463 g/mol. The SMILES string of the molecule is CCNC(=NCCN(C)C1CCCC1)NCCn1cnnc1CC.I. The van der Waals surface area contributed by atoms with Crippen molar-refractivity contribution in [1.82, 2.24) is 30.3 Å². The number of aromatic nitrogens is 3. The van der Waals surface area contributed by atoms with E-state index in [1.54, 1.807) is 6.33 Å². The van der Waals surface area contributed by atoms with Gasteiger partial charge in [0.15, 0.2) is 5.96 Å². The number of hydrogen-bond donors (Lipinski definition) is 2. The van der Waals surface area contributed by atoms with Crippen molar-refractivity contribution < 1.29 is 0 Å². The van der Waals surface area contributed by atoms with Crippen molar-refractivity contribution in [3.8, 4) is 0 Å². The molecular formula is C17H34IN7. The molecule has 0 amide bonds. The first-order chi connectivity index (χ1) is 11.7. The maximum absolute atomic E-state index is 4.70. The highest BCUT2D eigenvalue weighted by molar-refractivity contribution is 14.0. The molecule has 0 spiro atoms. The number of hydrogen-bond acceptors (Lipinski definition) is 4. The minimum atomic E-state index is 0. The Balaban J connectivity index is 0.00000312. The highest BCUT2D eigenvalue weighted by Gasteiger charge is 2.18. The molecule has 0 atom stereocenters.